The van der Waals surface area contributed by atoms with E-state index in [-0.39, 0.29) is 24.6 Å². The molecule has 0 fully saturated rings. The quantitative estimate of drug-likeness (QED) is 0.117. The Morgan fingerprint density at radius 1 is 1.11 bits per heavy atom. The molecule has 37 heavy (non-hydrogen) atoms. The summed E-state index contributed by atoms with van der Waals surface area (Å²) in [6.07, 6.45) is 6.86. The Kier molecular flexibility index (Phi) is 12.4. The molecule has 0 saturated heterocycles. The van der Waals surface area contributed by atoms with Gasteiger partial charge in [0.05, 0.1) is 6.26 Å². The molecule has 1 aliphatic rings. The first-order chi connectivity index (χ1) is 17.2. The molecule has 0 radical (unpaired) electrons. The molecule has 0 spiro atoms. The minimum atomic E-state index is -0.762. The third-order valence-electron chi connectivity index (χ3n) is 6.36. The maximum Gasteiger partial charge on any atom is 0.335 e. The predicted octanol–water partition coefficient (Wildman–Crippen LogP) is 4.98. The molecule has 0 aliphatic heterocycles. The number of hydrogen-bond donors (Lipinski definition) is 0. The summed E-state index contributed by atoms with van der Waals surface area (Å²) in [4.78, 5) is 60.9. The van der Waals surface area contributed by atoms with Crippen molar-refractivity contribution in [3.63, 3.8) is 0 Å². The summed E-state index contributed by atoms with van der Waals surface area (Å²) in [6.45, 7) is 15.1. The summed E-state index contributed by atoms with van der Waals surface area (Å²) in [5.41, 5.74) is 1.19. The monoisotopic (exact) mass is 516 g/mol. The van der Waals surface area contributed by atoms with Crippen molar-refractivity contribution >= 4 is 29.5 Å². The van der Waals surface area contributed by atoms with Gasteiger partial charge in [-0.2, -0.15) is 0 Å². The van der Waals surface area contributed by atoms with Crippen LogP contribution in [0.25, 0.3) is 0 Å². The molecule has 1 rings (SSSR count). The first kappa shape index (κ1) is 31.7. The van der Waals surface area contributed by atoms with E-state index in [1.54, 1.807) is 32.9 Å². The van der Waals surface area contributed by atoms with Crippen LogP contribution in [0.2, 0.25) is 0 Å². The number of ketones is 2. The van der Waals surface area contributed by atoms with Crippen molar-refractivity contribution in [3.05, 3.63) is 47.8 Å². The van der Waals surface area contributed by atoms with Gasteiger partial charge in [0, 0.05) is 37.8 Å². The van der Waals surface area contributed by atoms with E-state index in [1.165, 1.54) is 33.1 Å². The van der Waals surface area contributed by atoms with Crippen LogP contribution in [0.3, 0.4) is 0 Å². The lowest BCUT2D eigenvalue weighted by atomic mass is 9.65. The lowest BCUT2D eigenvalue weighted by Crippen LogP contribution is -2.36. The summed E-state index contributed by atoms with van der Waals surface area (Å²) in [7, 11) is 0. The van der Waals surface area contributed by atoms with Gasteiger partial charge in [0.15, 0.2) is 5.78 Å². The number of Topliss-reactive ketones (excluding diaryl/α,β-unsaturated/α-hetero) is 2. The zero-order chi connectivity index (χ0) is 28.3. The largest absolute Gasteiger partial charge is 0.461 e. The van der Waals surface area contributed by atoms with Gasteiger partial charge in [0.25, 0.3) is 0 Å². The molecule has 0 bridgehead atoms. The van der Waals surface area contributed by atoms with Crippen LogP contribution in [0.4, 0.5) is 0 Å². The Bertz CT molecular complexity index is 995. The number of ether oxygens (including phenoxy) is 3. The van der Waals surface area contributed by atoms with Gasteiger partial charge in [0.1, 0.15) is 18.5 Å². The lowest BCUT2D eigenvalue weighted by molar-refractivity contribution is -0.145. The fraction of sp³-hybridized carbons (Fsp3) is 0.552. The first-order valence-corrected chi connectivity index (χ1v) is 12.4. The Morgan fingerprint density at radius 3 is 2.27 bits per heavy atom. The molecular formula is C29H40O8. The standard InChI is InChI=1S/C29H40O8/c1-18(2)15-27(33)35-14-11-25-24(16-20(5)30)28(34)23(17-36-21(6)31)9-12-29(25,8)13-10-26(19(3)4)37-22(7)32/h9,11,14-15,24-26H,3,10,12-13,16-17H2,1-2,4-8H3/b14-11+/t24-,25-,26?,29+/m0/s1. The molecule has 8 heteroatoms. The highest BCUT2D eigenvalue weighted by Gasteiger charge is 2.44. The second-order valence-electron chi connectivity index (χ2n) is 10.2. The zero-order valence-electron chi connectivity index (χ0n) is 23.1. The summed E-state index contributed by atoms with van der Waals surface area (Å²) in [6, 6.07) is 0. The summed E-state index contributed by atoms with van der Waals surface area (Å²) < 4.78 is 15.8. The Hall–Kier alpha value is -3.29. The van der Waals surface area contributed by atoms with E-state index in [1.807, 2.05) is 6.92 Å². The topological polar surface area (TPSA) is 113 Å². The van der Waals surface area contributed by atoms with Gasteiger partial charge in [-0.25, -0.2) is 4.79 Å². The van der Waals surface area contributed by atoms with E-state index in [2.05, 4.69) is 6.58 Å². The summed E-state index contributed by atoms with van der Waals surface area (Å²) in [5.74, 6) is -3.21. The van der Waals surface area contributed by atoms with Crippen molar-refractivity contribution in [1.29, 1.82) is 0 Å². The van der Waals surface area contributed by atoms with Crippen LogP contribution in [0.1, 0.15) is 74.1 Å². The zero-order valence-corrected chi connectivity index (χ0v) is 23.1. The molecule has 0 aromatic carbocycles. The third-order valence-corrected chi connectivity index (χ3v) is 6.36. The van der Waals surface area contributed by atoms with E-state index >= 15 is 0 Å². The van der Waals surface area contributed by atoms with Crippen molar-refractivity contribution in [1.82, 2.24) is 0 Å². The second-order valence-corrected chi connectivity index (χ2v) is 10.2. The van der Waals surface area contributed by atoms with Crippen LogP contribution in [0.15, 0.2) is 47.8 Å². The molecule has 1 unspecified atom stereocenters. The van der Waals surface area contributed by atoms with Crippen LogP contribution in [-0.4, -0.2) is 42.2 Å². The molecular weight excluding hydrogens is 476 g/mol. The smallest absolute Gasteiger partial charge is 0.335 e. The van der Waals surface area contributed by atoms with Crippen LogP contribution >= 0.6 is 0 Å². The second kappa shape index (κ2) is 14.4. The highest BCUT2D eigenvalue weighted by atomic mass is 16.5. The lowest BCUT2D eigenvalue weighted by Gasteiger charge is -2.39. The normalized spacial score (nSPS) is 22.4. The highest BCUT2D eigenvalue weighted by molar-refractivity contribution is 6.00. The van der Waals surface area contributed by atoms with Gasteiger partial charge in [-0.1, -0.05) is 25.2 Å². The Morgan fingerprint density at radius 2 is 1.76 bits per heavy atom. The minimum Gasteiger partial charge on any atom is -0.461 e. The number of esters is 3. The SMILES string of the molecule is C=C(C)C(CC[C@@]1(C)CC=C(COC(C)=O)C(=O)[C@@H](CC(C)=O)[C@@H]1/C=C/OC(=O)C=C(C)C)OC(C)=O. The maximum absolute atomic E-state index is 13.6. The van der Waals surface area contributed by atoms with Gasteiger partial charge < -0.3 is 19.0 Å². The third kappa shape index (κ3) is 10.7. The van der Waals surface area contributed by atoms with Crippen molar-refractivity contribution < 1.29 is 38.2 Å². The van der Waals surface area contributed by atoms with E-state index in [0.717, 1.165) is 5.57 Å². The first-order valence-electron chi connectivity index (χ1n) is 12.4. The highest BCUT2D eigenvalue weighted by Crippen LogP contribution is 2.47. The molecule has 1 aliphatic carbocycles. The van der Waals surface area contributed by atoms with Crippen molar-refractivity contribution in [3.8, 4) is 0 Å². The molecule has 0 amide bonds. The average molecular weight is 517 g/mol. The Balaban J connectivity index is 3.48. The summed E-state index contributed by atoms with van der Waals surface area (Å²) >= 11 is 0. The van der Waals surface area contributed by atoms with E-state index in [4.69, 9.17) is 14.2 Å². The Labute approximate surface area is 219 Å². The summed E-state index contributed by atoms with van der Waals surface area (Å²) in [5, 5.41) is 0. The van der Waals surface area contributed by atoms with Gasteiger partial charge in [-0.15, -0.1) is 0 Å². The fourth-order valence-electron chi connectivity index (χ4n) is 4.48. The van der Waals surface area contributed by atoms with E-state index < -0.39 is 41.3 Å². The predicted molar refractivity (Wildman–Crippen MR) is 139 cm³/mol. The van der Waals surface area contributed by atoms with E-state index in [9.17, 15) is 24.0 Å². The van der Waals surface area contributed by atoms with Crippen LogP contribution in [0, 0.1) is 17.3 Å². The van der Waals surface area contributed by atoms with Crippen molar-refractivity contribution in [2.45, 2.75) is 80.3 Å². The van der Waals surface area contributed by atoms with Gasteiger partial charge >= 0.3 is 17.9 Å². The molecule has 0 N–H and O–H groups in total. The van der Waals surface area contributed by atoms with Gasteiger partial charge in [-0.05, 0) is 69.9 Å². The molecule has 204 valence electrons. The van der Waals surface area contributed by atoms with E-state index in [0.29, 0.717) is 30.4 Å². The van der Waals surface area contributed by atoms with Crippen molar-refractivity contribution in [2.24, 2.45) is 17.3 Å². The molecule has 0 aromatic rings. The van der Waals surface area contributed by atoms with Gasteiger partial charge in [-0.3, -0.25) is 14.4 Å². The van der Waals surface area contributed by atoms with Crippen LogP contribution in [-0.2, 0) is 38.2 Å². The average Bonchev–Trinajstić information content (AvgIpc) is 2.85. The fourth-order valence-corrected chi connectivity index (χ4v) is 4.48. The molecule has 0 aromatic heterocycles. The number of hydrogen-bond acceptors (Lipinski definition) is 8. The molecule has 4 atom stereocenters. The number of rotatable bonds is 12. The number of carbonyl (C=O) groups excluding carboxylic acids is 5. The molecule has 8 nitrogen and oxygen atoms in total. The van der Waals surface area contributed by atoms with Gasteiger partial charge in [0.2, 0.25) is 0 Å². The van der Waals surface area contributed by atoms with Crippen LogP contribution in [0.5, 0.6) is 0 Å². The number of carbonyl (C=O) groups is 5. The molecule has 0 heterocycles. The number of allylic oxidation sites excluding steroid dienone is 3. The minimum absolute atomic E-state index is 0.0311. The van der Waals surface area contributed by atoms with Crippen molar-refractivity contribution in [2.75, 3.05) is 6.61 Å². The molecule has 0 saturated carbocycles. The van der Waals surface area contributed by atoms with Crippen LogP contribution < -0.4 is 0 Å². The maximum atomic E-state index is 13.6.